The van der Waals surface area contributed by atoms with Gasteiger partial charge in [0.25, 0.3) is 0 Å². The van der Waals surface area contributed by atoms with Crippen LogP contribution in [-0.4, -0.2) is 6.69 Å². The van der Waals surface area contributed by atoms with Crippen molar-refractivity contribution in [2.75, 3.05) is 0 Å². The molecular weight excluding hydrogens is 519 g/mol. The Bertz CT molecular complexity index is 893. The highest BCUT2D eigenvalue weighted by Crippen LogP contribution is 2.38. The van der Waals surface area contributed by atoms with E-state index in [1.165, 1.54) is 0 Å². The summed E-state index contributed by atoms with van der Waals surface area (Å²) in [6.45, 7) is -5.48. The maximum Gasteiger partial charge on any atom is 0.416 e. The molecule has 15 heteroatoms. The molecule has 0 saturated heterocycles. The zero-order valence-electron chi connectivity index (χ0n) is 14.3. The summed E-state index contributed by atoms with van der Waals surface area (Å²) in [7, 11) is 0. The molecule has 0 N–H and O–H groups in total. The third-order valence-electron chi connectivity index (χ3n) is 3.98. The SMILES string of the molecule is FC(F)(F)c1ccc(C(F)(F)F)c([Si](Cl)(Cl)c2cc(C(F)(F)F)ccc2C(F)(F)F)c1. The van der Waals surface area contributed by atoms with E-state index < -0.39 is 64.0 Å². The summed E-state index contributed by atoms with van der Waals surface area (Å²) in [6, 6.07) is -0.579. The van der Waals surface area contributed by atoms with Crippen LogP contribution >= 0.6 is 22.2 Å². The Morgan fingerprint density at radius 1 is 0.484 bits per heavy atom. The average molecular weight is 525 g/mol. The zero-order valence-corrected chi connectivity index (χ0v) is 16.8. The van der Waals surface area contributed by atoms with Crippen molar-refractivity contribution in [1.82, 2.24) is 0 Å². The molecule has 0 unspecified atom stereocenters. The number of halogens is 14. The number of hydrogen-bond acceptors (Lipinski definition) is 0. The van der Waals surface area contributed by atoms with Gasteiger partial charge in [0.2, 0.25) is 0 Å². The van der Waals surface area contributed by atoms with Gasteiger partial charge in [0, 0.05) is 0 Å². The van der Waals surface area contributed by atoms with Gasteiger partial charge < -0.3 is 0 Å². The molecule has 0 saturated carbocycles. The molecule has 0 spiro atoms. The van der Waals surface area contributed by atoms with Gasteiger partial charge in [0.1, 0.15) is 0 Å². The smallest absolute Gasteiger partial charge is 0.166 e. The minimum atomic E-state index is -5.48. The molecule has 0 aliphatic carbocycles. The number of alkyl halides is 12. The van der Waals surface area contributed by atoms with Crippen molar-refractivity contribution in [2.24, 2.45) is 0 Å². The second kappa shape index (κ2) is 7.76. The van der Waals surface area contributed by atoms with Crippen LogP contribution in [0.25, 0.3) is 0 Å². The third kappa shape index (κ3) is 5.42. The highest BCUT2D eigenvalue weighted by atomic mass is 35.7. The molecule has 0 heterocycles. The van der Waals surface area contributed by atoms with Crippen LogP contribution in [0, 0.1) is 0 Å². The molecular formula is C16H6Cl2F12Si. The molecule has 0 radical (unpaired) electrons. The van der Waals surface area contributed by atoms with E-state index in [2.05, 4.69) is 0 Å². The van der Waals surface area contributed by atoms with Crippen molar-refractivity contribution < 1.29 is 52.7 Å². The molecule has 2 aromatic carbocycles. The fourth-order valence-electron chi connectivity index (χ4n) is 2.60. The molecule has 0 nitrogen and oxygen atoms in total. The Kier molecular flexibility index (Phi) is 6.43. The van der Waals surface area contributed by atoms with E-state index in [1.54, 1.807) is 0 Å². The first-order valence-electron chi connectivity index (χ1n) is 7.62. The zero-order chi connectivity index (χ0) is 24.2. The summed E-state index contributed by atoms with van der Waals surface area (Å²) in [4.78, 5) is 0. The second-order valence-electron chi connectivity index (χ2n) is 6.09. The Morgan fingerprint density at radius 3 is 1.00 bits per heavy atom. The standard InChI is InChI=1S/C16H6Cl2F12Si/c17-31(18,11-5-7(13(19,20)21)1-3-9(11)15(25,26)27)12-6-8(14(22,23)24)2-4-10(12)16(28,29)30/h1-6H. The molecule has 0 atom stereocenters. The first-order chi connectivity index (χ1) is 13.7. The Balaban J connectivity index is 2.94. The van der Waals surface area contributed by atoms with Crippen molar-refractivity contribution in [3.05, 3.63) is 58.7 Å². The number of hydrogen-bond donors (Lipinski definition) is 0. The fraction of sp³-hybridized carbons (Fsp3) is 0.250. The van der Waals surface area contributed by atoms with Gasteiger partial charge in [0.15, 0.2) is 0 Å². The minimum absolute atomic E-state index is 0.00138. The van der Waals surface area contributed by atoms with E-state index in [0.29, 0.717) is 0 Å². The van der Waals surface area contributed by atoms with Crippen LogP contribution in [0.3, 0.4) is 0 Å². The van der Waals surface area contributed by atoms with Gasteiger partial charge in [0.05, 0.1) is 22.3 Å². The maximum absolute atomic E-state index is 13.3. The summed E-state index contributed by atoms with van der Waals surface area (Å²) in [5, 5.41) is -3.16. The van der Waals surface area contributed by atoms with Gasteiger partial charge in [-0.2, -0.15) is 52.7 Å². The largest absolute Gasteiger partial charge is 0.416 e. The molecule has 0 bridgehead atoms. The Labute approximate surface area is 175 Å². The lowest BCUT2D eigenvalue weighted by Gasteiger charge is -2.27. The van der Waals surface area contributed by atoms with Crippen LogP contribution in [0.4, 0.5) is 52.7 Å². The van der Waals surface area contributed by atoms with Crippen molar-refractivity contribution in [3.8, 4) is 0 Å². The molecule has 31 heavy (non-hydrogen) atoms. The maximum atomic E-state index is 13.3. The van der Waals surface area contributed by atoms with Crippen LogP contribution < -0.4 is 10.4 Å². The van der Waals surface area contributed by atoms with Gasteiger partial charge in [-0.1, -0.05) is 0 Å². The lowest BCUT2D eigenvalue weighted by molar-refractivity contribution is -0.140. The topological polar surface area (TPSA) is 0 Å². The predicted octanol–water partition coefficient (Wildman–Crippen LogP) is 6.80. The van der Waals surface area contributed by atoms with Crippen molar-refractivity contribution >= 4 is 39.2 Å². The first kappa shape index (κ1) is 25.7. The van der Waals surface area contributed by atoms with E-state index in [4.69, 9.17) is 22.2 Å². The van der Waals surface area contributed by atoms with Gasteiger partial charge >= 0.3 is 31.4 Å². The molecule has 0 fully saturated rings. The molecule has 0 aliphatic rings. The average Bonchev–Trinajstić information content (AvgIpc) is 2.57. The van der Waals surface area contributed by atoms with Crippen molar-refractivity contribution in [2.45, 2.75) is 24.7 Å². The second-order valence-corrected chi connectivity index (χ2v) is 12.3. The predicted molar refractivity (Wildman–Crippen MR) is 89.6 cm³/mol. The minimum Gasteiger partial charge on any atom is -0.166 e. The fourth-order valence-corrected chi connectivity index (χ4v) is 6.57. The van der Waals surface area contributed by atoms with Gasteiger partial charge in [-0.15, -0.1) is 22.2 Å². The number of rotatable bonds is 2. The Hall–Kier alpha value is -1.60. The van der Waals surface area contributed by atoms with Gasteiger partial charge in [-0.05, 0) is 46.8 Å². The lowest BCUT2D eigenvalue weighted by atomic mass is 10.1. The van der Waals surface area contributed by atoms with E-state index >= 15 is 0 Å². The summed E-state index contributed by atoms with van der Waals surface area (Å²) in [5.41, 5.74) is -7.26. The van der Waals surface area contributed by atoms with E-state index in [1.807, 2.05) is 0 Å². The van der Waals surface area contributed by atoms with Gasteiger partial charge in [-0.3, -0.25) is 0 Å². The van der Waals surface area contributed by atoms with Crippen LogP contribution in [0.2, 0.25) is 0 Å². The van der Waals surface area contributed by atoms with Crippen molar-refractivity contribution in [1.29, 1.82) is 0 Å². The lowest BCUT2D eigenvalue weighted by Crippen LogP contribution is -2.54. The molecule has 2 rings (SSSR count). The van der Waals surface area contributed by atoms with E-state index in [-0.39, 0.29) is 36.4 Å². The summed E-state index contributed by atoms with van der Waals surface area (Å²) < 4.78 is 158. The van der Waals surface area contributed by atoms with Crippen molar-refractivity contribution in [3.63, 3.8) is 0 Å². The summed E-state index contributed by atoms with van der Waals surface area (Å²) >= 11 is 11.6. The number of benzene rings is 2. The monoisotopic (exact) mass is 524 g/mol. The molecule has 0 aliphatic heterocycles. The highest BCUT2D eigenvalue weighted by Gasteiger charge is 2.49. The van der Waals surface area contributed by atoms with Crippen LogP contribution in [0.1, 0.15) is 22.3 Å². The molecule has 172 valence electrons. The van der Waals surface area contributed by atoms with Crippen LogP contribution in [0.15, 0.2) is 36.4 Å². The molecule has 0 amide bonds. The van der Waals surface area contributed by atoms with E-state index in [9.17, 15) is 52.7 Å². The van der Waals surface area contributed by atoms with Crippen LogP contribution in [-0.2, 0) is 24.7 Å². The molecule has 0 aromatic heterocycles. The summed E-state index contributed by atoms with van der Waals surface area (Å²) in [5.74, 6) is 0. The van der Waals surface area contributed by atoms with E-state index in [0.717, 1.165) is 0 Å². The third-order valence-corrected chi connectivity index (χ3v) is 8.60. The quantitative estimate of drug-likeness (QED) is 0.230. The summed E-state index contributed by atoms with van der Waals surface area (Å²) in [6.07, 6.45) is -21.3. The van der Waals surface area contributed by atoms with Gasteiger partial charge in [-0.25, -0.2) is 0 Å². The first-order valence-corrected chi connectivity index (χ1v) is 11.6. The highest BCUT2D eigenvalue weighted by molar-refractivity contribution is 7.56. The van der Waals surface area contributed by atoms with Crippen LogP contribution in [0.5, 0.6) is 0 Å². The Morgan fingerprint density at radius 2 is 0.774 bits per heavy atom. The normalized spacial score (nSPS) is 14.1. The molecule has 2 aromatic rings.